The zero-order valence-electron chi connectivity index (χ0n) is 30.5. The van der Waals surface area contributed by atoms with Crippen molar-refractivity contribution >= 4 is 70.7 Å². The maximum atomic E-state index is 3.74. The number of fused-ring (bicyclic) bond motifs is 6. The number of hydrogen-bond donors (Lipinski definition) is 0. The predicted octanol–water partition coefficient (Wildman–Crippen LogP) is 15.4. The third-order valence-electron chi connectivity index (χ3n) is 11.3. The molecule has 0 bridgehead atoms. The van der Waals surface area contributed by atoms with Gasteiger partial charge in [0, 0.05) is 47.9 Å². The lowest BCUT2D eigenvalue weighted by Gasteiger charge is -2.28. The van der Waals surface area contributed by atoms with E-state index >= 15 is 0 Å². The van der Waals surface area contributed by atoms with Crippen LogP contribution in [0.1, 0.15) is 25.0 Å². The molecule has 0 fully saturated rings. The molecule has 1 aliphatic rings. The van der Waals surface area contributed by atoms with Crippen molar-refractivity contribution in [3.8, 4) is 39.1 Å². The van der Waals surface area contributed by atoms with Crippen LogP contribution in [0.25, 0.3) is 60.9 Å². The van der Waals surface area contributed by atoms with Crippen LogP contribution in [0.2, 0.25) is 0 Å². The van der Waals surface area contributed by atoms with Crippen molar-refractivity contribution in [1.82, 2.24) is 4.57 Å². The van der Waals surface area contributed by atoms with Crippen molar-refractivity contribution in [2.45, 2.75) is 19.3 Å². The molecule has 0 spiro atoms. The summed E-state index contributed by atoms with van der Waals surface area (Å²) in [4.78, 5) is 2.39. The Kier molecular flexibility index (Phi) is 8.16. The summed E-state index contributed by atoms with van der Waals surface area (Å²) in [7, 11) is 0. The number of anilines is 3. The Hall–Kier alpha value is -5.68. The molecule has 0 saturated heterocycles. The molecule has 0 atom stereocenters. The number of rotatable bonds is 6. The molecule has 2 nitrogen and oxygen atoms in total. The van der Waals surface area contributed by atoms with Crippen LogP contribution >= 0.6 is 31.9 Å². The lowest BCUT2D eigenvalue weighted by Crippen LogP contribution is -2.16. The zero-order valence-corrected chi connectivity index (χ0v) is 33.6. The van der Waals surface area contributed by atoms with E-state index in [9.17, 15) is 0 Å². The van der Waals surface area contributed by atoms with Gasteiger partial charge in [-0.1, -0.05) is 137 Å². The van der Waals surface area contributed by atoms with E-state index in [1.54, 1.807) is 0 Å². The van der Waals surface area contributed by atoms with E-state index in [0.29, 0.717) is 0 Å². The fraction of sp³-hybridized carbons (Fsp3) is 0.0588. The van der Waals surface area contributed by atoms with E-state index in [0.717, 1.165) is 31.7 Å². The summed E-state index contributed by atoms with van der Waals surface area (Å²) in [5, 5.41) is 2.44. The first-order chi connectivity index (χ1) is 26.8. The standard InChI is InChI=1S/C51H36Br2N2/c1-51(2)47-11-7-6-10-43(47)44-27-26-42(32-48(44)51)54(39-20-12-34(13-21-39)33-8-4-3-5-9-33)40-22-14-35(15-23-40)36-16-28-49-45(30-36)46-31-38(53)19-29-50(46)55(49)41-24-17-37(52)18-25-41/h3-32H,1-2H3. The fourth-order valence-corrected chi connectivity index (χ4v) is 9.18. The average Bonchev–Trinajstić information content (AvgIpc) is 3.66. The van der Waals surface area contributed by atoms with Gasteiger partial charge in [0.15, 0.2) is 0 Å². The Morgan fingerprint density at radius 3 is 1.65 bits per heavy atom. The van der Waals surface area contributed by atoms with Gasteiger partial charge in [-0.05, 0) is 136 Å². The molecule has 9 aromatic rings. The second kappa shape index (κ2) is 13.3. The maximum Gasteiger partial charge on any atom is 0.0541 e. The largest absolute Gasteiger partial charge is 0.310 e. The lowest BCUT2D eigenvalue weighted by molar-refractivity contribution is 0.660. The Morgan fingerprint density at radius 2 is 0.945 bits per heavy atom. The molecule has 0 amide bonds. The summed E-state index contributed by atoms with van der Waals surface area (Å²) in [5.41, 5.74) is 17.0. The predicted molar refractivity (Wildman–Crippen MR) is 239 cm³/mol. The monoisotopic (exact) mass is 834 g/mol. The van der Waals surface area contributed by atoms with Gasteiger partial charge in [0.05, 0.1) is 11.0 Å². The van der Waals surface area contributed by atoms with Crippen molar-refractivity contribution in [2.24, 2.45) is 0 Å². The molecular weight excluding hydrogens is 800 g/mol. The van der Waals surface area contributed by atoms with E-state index in [1.807, 2.05) is 0 Å². The quantitative estimate of drug-likeness (QED) is 0.162. The molecular formula is C51H36Br2N2. The molecule has 0 N–H and O–H groups in total. The summed E-state index contributed by atoms with van der Waals surface area (Å²) < 4.78 is 4.49. The van der Waals surface area contributed by atoms with Crippen LogP contribution in [0, 0.1) is 0 Å². The maximum absolute atomic E-state index is 3.74. The highest BCUT2D eigenvalue weighted by Gasteiger charge is 2.35. The van der Waals surface area contributed by atoms with Crippen LogP contribution in [0.5, 0.6) is 0 Å². The van der Waals surface area contributed by atoms with Crippen molar-refractivity contribution in [3.63, 3.8) is 0 Å². The van der Waals surface area contributed by atoms with Crippen LogP contribution < -0.4 is 4.90 Å². The van der Waals surface area contributed by atoms with Gasteiger partial charge in [-0.3, -0.25) is 0 Å². The number of nitrogens with zero attached hydrogens (tertiary/aromatic N) is 2. The van der Waals surface area contributed by atoms with Gasteiger partial charge in [0.1, 0.15) is 0 Å². The highest BCUT2D eigenvalue weighted by molar-refractivity contribution is 9.10. The molecule has 1 heterocycles. The molecule has 1 aromatic heterocycles. The molecule has 55 heavy (non-hydrogen) atoms. The first-order valence-electron chi connectivity index (χ1n) is 18.6. The molecule has 0 aliphatic heterocycles. The van der Waals surface area contributed by atoms with Crippen molar-refractivity contribution in [3.05, 3.63) is 202 Å². The summed E-state index contributed by atoms with van der Waals surface area (Å²) in [6.45, 7) is 4.70. The van der Waals surface area contributed by atoms with Gasteiger partial charge in [-0.15, -0.1) is 0 Å². The summed E-state index contributed by atoms with van der Waals surface area (Å²) in [5.74, 6) is 0. The van der Waals surface area contributed by atoms with Gasteiger partial charge < -0.3 is 9.47 Å². The van der Waals surface area contributed by atoms with Crippen LogP contribution in [-0.2, 0) is 5.41 Å². The number of halogens is 2. The highest BCUT2D eigenvalue weighted by atomic mass is 79.9. The van der Waals surface area contributed by atoms with E-state index in [4.69, 9.17) is 0 Å². The minimum absolute atomic E-state index is 0.0939. The van der Waals surface area contributed by atoms with E-state index < -0.39 is 0 Å². The number of hydrogen-bond acceptors (Lipinski definition) is 1. The summed E-state index contributed by atoms with van der Waals surface area (Å²) in [6.07, 6.45) is 0. The van der Waals surface area contributed by atoms with E-state index in [1.165, 1.54) is 66.3 Å². The zero-order chi connectivity index (χ0) is 37.3. The van der Waals surface area contributed by atoms with Crippen LogP contribution in [0.3, 0.4) is 0 Å². The van der Waals surface area contributed by atoms with E-state index in [-0.39, 0.29) is 5.41 Å². The third-order valence-corrected chi connectivity index (χ3v) is 12.4. The Morgan fingerprint density at radius 1 is 0.418 bits per heavy atom. The molecule has 10 rings (SSSR count). The number of aromatic nitrogens is 1. The van der Waals surface area contributed by atoms with Crippen LogP contribution in [0.4, 0.5) is 17.1 Å². The first kappa shape index (κ1) is 33.9. The van der Waals surface area contributed by atoms with Gasteiger partial charge in [0.2, 0.25) is 0 Å². The van der Waals surface area contributed by atoms with Crippen LogP contribution in [0.15, 0.2) is 191 Å². The van der Waals surface area contributed by atoms with Crippen molar-refractivity contribution in [1.29, 1.82) is 0 Å². The van der Waals surface area contributed by atoms with Crippen molar-refractivity contribution < 1.29 is 0 Å². The second-order valence-electron chi connectivity index (χ2n) is 14.9. The van der Waals surface area contributed by atoms with Crippen LogP contribution in [-0.4, -0.2) is 4.57 Å². The van der Waals surface area contributed by atoms with Crippen molar-refractivity contribution in [2.75, 3.05) is 4.90 Å². The highest BCUT2D eigenvalue weighted by Crippen LogP contribution is 2.50. The SMILES string of the molecule is CC1(C)c2ccccc2-c2ccc(N(c3ccc(-c4ccccc4)cc3)c3ccc(-c4ccc5c(c4)c4cc(Br)ccc4n5-c4ccc(Br)cc4)cc3)cc21. The van der Waals surface area contributed by atoms with Gasteiger partial charge in [-0.25, -0.2) is 0 Å². The van der Waals surface area contributed by atoms with Gasteiger partial charge >= 0.3 is 0 Å². The molecule has 0 unspecified atom stereocenters. The third kappa shape index (κ3) is 5.75. The molecule has 1 aliphatic carbocycles. The van der Waals surface area contributed by atoms with Gasteiger partial charge in [0.25, 0.3) is 0 Å². The molecule has 4 heteroatoms. The summed E-state index contributed by atoms with van der Waals surface area (Å²) in [6, 6.07) is 66.4. The molecule has 8 aromatic carbocycles. The normalized spacial score (nSPS) is 12.9. The summed E-state index contributed by atoms with van der Waals surface area (Å²) >= 11 is 7.35. The molecule has 264 valence electrons. The minimum atomic E-state index is -0.0939. The Balaban J connectivity index is 1.07. The van der Waals surface area contributed by atoms with Gasteiger partial charge in [-0.2, -0.15) is 0 Å². The number of benzene rings is 8. The smallest absolute Gasteiger partial charge is 0.0541 e. The Bertz CT molecular complexity index is 2890. The fourth-order valence-electron chi connectivity index (χ4n) is 8.56. The Labute approximate surface area is 338 Å². The second-order valence-corrected chi connectivity index (χ2v) is 16.7. The topological polar surface area (TPSA) is 8.17 Å². The molecule has 0 saturated carbocycles. The lowest BCUT2D eigenvalue weighted by atomic mass is 9.82. The van der Waals surface area contributed by atoms with E-state index in [2.05, 4.69) is 237 Å². The minimum Gasteiger partial charge on any atom is -0.310 e. The molecule has 0 radical (unpaired) electrons. The first-order valence-corrected chi connectivity index (χ1v) is 20.2. The average molecular weight is 837 g/mol.